The molecule has 0 amide bonds. The fourth-order valence-electron chi connectivity index (χ4n) is 6.85. The van der Waals surface area contributed by atoms with Crippen molar-refractivity contribution >= 4 is 17.9 Å². The van der Waals surface area contributed by atoms with Crippen molar-refractivity contribution < 1.29 is 28.6 Å². The van der Waals surface area contributed by atoms with E-state index in [4.69, 9.17) is 14.2 Å². The van der Waals surface area contributed by atoms with Gasteiger partial charge in [-0.25, -0.2) is 0 Å². The van der Waals surface area contributed by atoms with E-state index in [-0.39, 0.29) is 31.1 Å². The Labute approximate surface area is 364 Å². The van der Waals surface area contributed by atoms with Crippen molar-refractivity contribution in [2.75, 3.05) is 13.2 Å². The Morgan fingerprint density at radius 3 is 1.03 bits per heavy atom. The maximum absolute atomic E-state index is 12.8. The summed E-state index contributed by atoms with van der Waals surface area (Å²) < 4.78 is 16.7. The van der Waals surface area contributed by atoms with Crippen molar-refractivity contribution in [3.05, 3.63) is 60.8 Å². The Morgan fingerprint density at radius 1 is 0.356 bits per heavy atom. The van der Waals surface area contributed by atoms with Crippen LogP contribution in [0.4, 0.5) is 0 Å². The van der Waals surface area contributed by atoms with Crippen LogP contribution >= 0.6 is 0 Å². The third-order valence-electron chi connectivity index (χ3n) is 10.5. The molecule has 0 radical (unpaired) electrons. The Morgan fingerprint density at radius 2 is 0.661 bits per heavy atom. The van der Waals surface area contributed by atoms with E-state index in [1.165, 1.54) is 83.5 Å². The zero-order chi connectivity index (χ0) is 43.0. The second kappa shape index (κ2) is 47.8. The summed E-state index contributed by atoms with van der Waals surface area (Å²) in [6.45, 7) is 6.39. The molecule has 59 heavy (non-hydrogen) atoms. The maximum atomic E-state index is 12.8. The van der Waals surface area contributed by atoms with Crippen molar-refractivity contribution in [3.63, 3.8) is 0 Å². The van der Waals surface area contributed by atoms with Crippen molar-refractivity contribution in [1.29, 1.82) is 0 Å². The van der Waals surface area contributed by atoms with Gasteiger partial charge in [-0.2, -0.15) is 0 Å². The molecule has 0 fully saturated rings. The van der Waals surface area contributed by atoms with E-state index < -0.39 is 6.10 Å². The molecule has 0 heterocycles. The number of esters is 3. The lowest BCUT2D eigenvalue weighted by Crippen LogP contribution is -2.30. The Hall–Kier alpha value is -2.89. The normalized spacial score (nSPS) is 12.5. The molecule has 0 aromatic carbocycles. The van der Waals surface area contributed by atoms with E-state index in [1.807, 2.05) is 0 Å². The number of hydrogen-bond donors (Lipinski definition) is 0. The van der Waals surface area contributed by atoms with Crippen molar-refractivity contribution in [3.8, 4) is 0 Å². The third kappa shape index (κ3) is 46.0. The highest BCUT2D eigenvalue weighted by atomic mass is 16.6. The van der Waals surface area contributed by atoms with Gasteiger partial charge in [-0.05, 0) is 77.0 Å². The van der Waals surface area contributed by atoms with E-state index >= 15 is 0 Å². The van der Waals surface area contributed by atoms with E-state index in [9.17, 15) is 14.4 Å². The molecule has 6 heteroatoms. The molecule has 0 aromatic heterocycles. The number of ether oxygens (including phenoxy) is 3. The highest BCUT2D eigenvalue weighted by Crippen LogP contribution is 2.15. The zero-order valence-corrected chi connectivity index (χ0v) is 38.8. The minimum absolute atomic E-state index is 0.0843. The molecule has 1 atom stereocenters. The minimum atomic E-state index is -0.782. The first-order valence-electron chi connectivity index (χ1n) is 24.8. The minimum Gasteiger partial charge on any atom is -0.462 e. The number of unbranched alkanes of at least 4 members (excludes halogenated alkanes) is 23. The lowest BCUT2D eigenvalue weighted by Gasteiger charge is -2.18. The third-order valence-corrected chi connectivity index (χ3v) is 10.5. The van der Waals surface area contributed by atoms with Crippen molar-refractivity contribution in [1.82, 2.24) is 0 Å². The van der Waals surface area contributed by atoms with E-state index in [0.29, 0.717) is 19.3 Å². The van der Waals surface area contributed by atoms with Crippen LogP contribution in [-0.2, 0) is 28.6 Å². The summed E-state index contributed by atoms with van der Waals surface area (Å²) in [6.07, 6.45) is 57.7. The van der Waals surface area contributed by atoms with Crippen LogP contribution in [0.5, 0.6) is 0 Å². The second-order valence-corrected chi connectivity index (χ2v) is 16.3. The van der Waals surface area contributed by atoms with Crippen molar-refractivity contribution in [2.45, 2.75) is 245 Å². The number of carbonyl (C=O) groups is 3. The molecule has 0 aromatic rings. The molecule has 0 saturated heterocycles. The summed E-state index contributed by atoms with van der Waals surface area (Å²) in [5.74, 6) is -0.908. The smallest absolute Gasteiger partial charge is 0.306 e. The van der Waals surface area contributed by atoms with Gasteiger partial charge in [0.2, 0.25) is 0 Å². The summed E-state index contributed by atoms with van der Waals surface area (Å²) in [5, 5.41) is 0. The summed E-state index contributed by atoms with van der Waals surface area (Å²) in [5.41, 5.74) is 0. The van der Waals surface area contributed by atoms with Gasteiger partial charge >= 0.3 is 17.9 Å². The van der Waals surface area contributed by atoms with Gasteiger partial charge in [-0.1, -0.05) is 204 Å². The molecule has 0 bridgehead atoms. The number of carbonyl (C=O) groups excluding carboxylic acids is 3. The first-order chi connectivity index (χ1) is 29.0. The van der Waals surface area contributed by atoms with Crippen molar-refractivity contribution in [2.24, 2.45) is 0 Å². The molecular formula is C53H92O6. The average molecular weight is 825 g/mol. The lowest BCUT2D eigenvalue weighted by molar-refractivity contribution is -0.167. The average Bonchev–Trinajstić information content (AvgIpc) is 3.23. The van der Waals surface area contributed by atoms with Crippen LogP contribution in [-0.4, -0.2) is 37.2 Å². The number of rotatable bonds is 44. The fourth-order valence-corrected chi connectivity index (χ4v) is 6.85. The van der Waals surface area contributed by atoms with Gasteiger partial charge in [-0.3, -0.25) is 14.4 Å². The molecule has 0 spiro atoms. The van der Waals surface area contributed by atoms with Crippen LogP contribution in [0.15, 0.2) is 60.8 Å². The highest BCUT2D eigenvalue weighted by Gasteiger charge is 2.19. The van der Waals surface area contributed by atoms with Gasteiger partial charge in [0.15, 0.2) is 6.10 Å². The molecule has 1 unspecified atom stereocenters. The van der Waals surface area contributed by atoms with Crippen LogP contribution in [0.1, 0.15) is 239 Å². The van der Waals surface area contributed by atoms with E-state index in [0.717, 1.165) is 116 Å². The van der Waals surface area contributed by atoms with Gasteiger partial charge in [-0.15, -0.1) is 0 Å². The van der Waals surface area contributed by atoms with Gasteiger partial charge in [0.25, 0.3) is 0 Å². The largest absolute Gasteiger partial charge is 0.462 e. The van der Waals surface area contributed by atoms with E-state index in [1.54, 1.807) is 0 Å². The highest BCUT2D eigenvalue weighted by molar-refractivity contribution is 5.71. The molecule has 0 N–H and O–H groups in total. The van der Waals surface area contributed by atoms with Gasteiger partial charge < -0.3 is 14.2 Å². The predicted octanol–water partition coefficient (Wildman–Crippen LogP) is 16.1. The molecule has 340 valence electrons. The van der Waals surface area contributed by atoms with Crippen LogP contribution in [0.3, 0.4) is 0 Å². The summed E-state index contributed by atoms with van der Waals surface area (Å²) >= 11 is 0. The standard InChI is InChI=1S/C53H92O6/c1-4-7-10-13-16-19-22-25-26-27-29-31-34-37-40-43-46-52(55)58-49-50(48-57-51(54)45-42-39-36-33-30-24-21-18-15-12-9-6-3)59-53(56)47-44-41-38-35-32-28-23-20-17-14-11-8-5-2/h7,9-10,12,16,18-19,21,25-26,50H,4-6,8,11,13-15,17,20,22-24,27-49H2,1-3H3/b10-7-,12-9-,19-16-,21-18-,26-25-. The topological polar surface area (TPSA) is 78.9 Å². The monoisotopic (exact) mass is 825 g/mol. The SMILES string of the molecule is CC/C=C\C/C=C\C/C=C\CCCCCCCCC(=O)OCC(COC(=O)CCCCCCC/C=C\C/C=C\CC)OC(=O)CCCCCCCCCCCCCCC. The Balaban J connectivity index is 4.39. The van der Waals surface area contributed by atoms with Crippen LogP contribution < -0.4 is 0 Å². The Bertz CT molecular complexity index is 1090. The molecule has 0 aliphatic rings. The van der Waals surface area contributed by atoms with E-state index in [2.05, 4.69) is 81.5 Å². The zero-order valence-electron chi connectivity index (χ0n) is 38.8. The van der Waals surface area contributed by atoms with Gasteiger partial charge in [0.05, 0.1) is 0 Å². The first-order valence-corrected chi connectivity index (χ1v) is 24.8. The van der Waals surface area contributed by atoms with Gasteiger partial charge in [0.1, 0.15) is 13.2 Å². The molecule has 0 rings (SSSR count). The first kappa shape index (κ1) is 56.1. The van der Waals surface area contributed by atoms with Crippen LogP contribution in [0.2, 0.25) is 0 Å². The van der Waals surface area contributed by atoms with Gasteiger partial charge in [0, 0.05) is 19.3 Å². The summed E-state index contributed by atoms with van der Waals surface area (Å²) in [4.78, 5) is 37.9. The second-order valence-electron chi connectivity index (χ2n) is 16.3. The molecule has 6 nitrogen and oxygen atoms in total. The fraction of sp³-hybridized carbons (Fsp3) is 0.755. The molecule has 0 aliphatic heterocycles. The molecule has 0 saturated carbocycles. The lowest BCUT2D eigenvalue weighted by atomic mass is 10.0. The summed E-state index contributed by atoms with van der Waals surface area (Å²) in [6, 6.07) is 0. The molecule has 0 aliphatic carbocycles. The number of allylic oxidation sites excluding steroid dienone is 10. The summed E-state index contributed by atoms with van der Waals surface area (Å²) in [7, 11) is 0. The Kier molecular flexibility index (Phi) is 45.4. The number of hydrogen-bond acceptors (Lipinski definition) is 6. The predicted molar refractivity (Wildman–Crippen MR) is 251 cm³/mol. The quantitative estimate of drug-likeness (QED) is 0.0263. The molecular weight excluding hydrogens is 733 g/mol. The maximum Gasteiger partial charge on any atom is 0.306 e. The van der Waals surface area contributed by atoms with Crippen LogP contribution in [0, 0.1) is 0 Å². The van der Waals surface area contributed by atoms with Crippen LogP contribution in [0.25, 0.3) is 0 Å².